The average molecular weight is 223 g/mol. The monoisotopic (exact) mass is 223 g/mol. The summed E-state index contributed by atoms with van der Waals surface area (Å²) in [6.07, 6.45) is 5.66. The van der Waals surface area contributed by atoms with Crippen molar-refractivity contribution >= 4 is 0 Å². The molecule has 0 bridgehead atoms. The van der Waals surface area contributed by atoms with Gasteiger partial charge < -0.3 is 9.84 Å². The summed E-state index contributed by atoms with van der Waals surface area (Å²) in [5, 5.41) is 20.4. The Balaban J connectivity index is 2.27. The zero-order valence-corrected chi connectivity index (χ0v) is 10.0. The highest BCUT2D eigenvalue weighted by molar-refractivity contribution is 5.14. The molecule has 0 aromatic rings. The van der Waals surface area contributed by atoms with Crippen LogP contribution >= 0.6 is 0 Å². The van der Waals surface area contributed by atoms with Crippen molar-refractivity contribution in [2.75, 3.05) is 13.2 Å². The predicted molar refractivity (Wildman–Crippen MR) is 60.7 cm³/mol. The van der Waals surface area contributed by atoms with Gasteiger partial charge in [-0.3, -0.25) is 0 Å². The van der Waals surface area contributed by atoms with Crippen LogP contribution in [0.15, 0.2) is 0 Å². The lowest BCUT2D eigenvalue weighted by atomic mass is 9.59. The molecular weight excluding hydrogens is 202 g/mol. The molecule has 2 fully saturated rings. The molecule has 1 aliphatic carbocycles. The van der Waals surface area contributed by atoms with Crippen LogP contribution in [0.5, 0.6) is 0 Å². The highest BCUT2D eigenvalue weighted by Crippen LogP contribution is 2.49. The van der Waals surface area contributed by atoms with Gasteiger partial charge in [-0.05, 0) is 31.6 Å². The van der Waals surface area contributed by atoms with Crippen molar-refractivity contribution in [2.24, 2.45) is 11.3 Å². The Kier molecular flexibility index (Phi) is 3.23. The predicted octanol–water partition coefficient (Wildman–Crippen LogP) is 2.25. The van der Waals surface area contributed by atoms with Gasteiger partial charge in [-0.25, -0.2) is 0 Å². The molecular formula is C13H21NO2. The summed E-state index contributed by atoms with van der Waals surface area (Å²) in [6.45, 7) is 3.21. The molecule has 0 amide bonds. The van der Waals surface area contributed by atoms with E-state index in [9.17, 15) is 10.4 Å². The first-order valence-electron chi connectivity index (χ1n) is 6.36. The van der Waals surface area contributed by atoms with Gasteiger partial charge in [0, 0.05) is 6.61 Å². The van der Waals surface area contributed by atoms with Gasteiger partial charge in [-0.2, -0.15) is 5.26 Å². The van der Waals surface area contributed by atoms with E-state index in [0.717, 1.165) is 38.7 Å². The summed E-state index contributed by atoms with van der Waals surface area (Å²) >= 11 is 0. The molecule has 1 saturated heterocycles. The standard InChI is InChI=1S/C13H21NO2/c1-11-5-2-3-7-13(11,15)12(9-14)6-4-8-16-10-12/h11,15H,2-8,10H2,1H3. The molecule has 1 aliphatic heterocycles. The van der Waals surface area contributed by atoms with Crippen molar-refractivity contribution in [1.29, 1.82) is 5.26 Å². The first-order chi connectivity index (χ1) is 7.65. The van der Waals surface area contributed by atoms with Crippen molar-refractivity contribution in [3.05, 3.63) is 0 Å². The Labute approximate surface area is 97.4 Å². The molecule has 3 unspecified atom stereocenters. The van der Waals surface area contributed by atoms with Crippen LogP contribution in [0.4, 0.5) is 0 Å². The smallest absolute Gasteiger partial charge is 0.109 e. The zero-order chi connectivity index (χ0) is 11.6. The van der Waals surface area contributed by atoms with Crippen LogP contribution in [0, 0.1) is 22.7 Å². The van der Waals surface area contributed by atoms with Crippen LogP contribution in [0.25, 0.3) is 0 Å². The summed E-state index contributed by atoms with van der Waals surface area (Å²) < 4.78 is 5.46. The van der Waals surface area contributed by atoms with Gasteiger partial charge in [0.15, 0.2) is 0 Å². The number of aliphatic hydroxyl groups is 1. The van der Waals surface area contributed by atoms with Crippen molar-refractivity contribution in [3.63, 3.8) is 0 Å². The van der Waals surface area contributed by atoms with E-state index in [4.69, 9.17) is 4.74 Å². The molecule has 2 rings (SSSR count). The second kappa shape index (κ2) is 4.35. The van der Waals surface area contributed by atoms with Gasteiger partial charge in [0.2, 0.25) is 0 Å². The minimum Gasteiger partial charge on any atom is -0.388 e. The number of rotatable bonds is 1. The van der Waals surface area contributed by atoms with Crippen molar-refractivity contribution < 1.29 is 9.84 Å². The average Bonchev–Trinajstić information content (AvgIpc) is 2.34. The quantitative estimate of drug-likeness (QED) is 0.741. The van der Waals surface area contributed by atoms with Crippen LogP contribution < -0.4 is 0 Å². The molecule has 0 aromatic heterocycles. The molecule has 1 N–H and O–H groups in total. The SMILES string of the molecule is CC1CCCCC1(O)C1(C#N)CCCOC1. The second-order valence-electron chi connectivity index (χ2n) is 5.42. The lowest BCUT2D eigenvalue weighted by molar-refractivity contribution is -0.161. The summed E-state index contributed by atoms with van der Waals surface area (Å²) in [5.74, 6) is 0.211. The van der Waals surface area contributed by atoms with Gasteiger partial charge >= 0.3 is 0 Å². The van der Waals surface area contributed by atoms with E-state index in [1.54, 1.807) is 0 Å². The Hall–Kier alpha value is -0.590. The van der Waals surface area contributed by atoms with E-state index in [2.05, 4.69) is 13.0 Å². The minimum atomic E-state index is -0.833. The Bertz CT molecular complexity index is 291. The second-order valence-corrected chi connectivity index (χ2v) is 5.42. The third kappa shape index (κ3) is 1.65. The molecule has 2 aliphatic rings. The summed E-state index contributed by atoms with van der Waals surface area (Å²) in [7, 11) is 0. The summed E-state index contributed by atoms with van der Waals surface area (Å²) in [5.41, 5.74) is -1.49. The molecule has 0 spiro atoms. The Morgan fingerprint density at radius 1 is 1.31 bits per heavy atom. The zero-order valence-electron chi connectivity index (χ0n) is 10.0. The van der Waals surface area contributed by atoms with E-state index in [1.807, 2.05) is 0 Å². The Morgan fingerprint density at radius 2 is 2.12 bits per heavy atom. The molecule has 3 atom stereocenters. The molecule has 1 saturated carbocycles. The first kappa shape index (κ1) is 11.9. The third-order valence-corrected chi connectivity index (χ3v) is 4.54. The van der Waals surface area contributed by atoms with Crippen LogP contribution in [-0.2, 0) is 4.74 Å². The van der Waals surface area contributed by atoms with Gasteiger partial charge in [0.25, 0.3) is 0 Å². The lowest BCUT2D eigenvalue weighted by Gasteiger charge is -2.50. The van der Waals surface area contributed by atoms with Crippen LogP contribution in [0.1, 0.15) is 45.4 Å². The summed E-state index contributed by atoms with van der Waals surface area (Å²) in [4.78, 5) is 0. The van der Waals surface area contributed by atoms with Gasteiger partial charge in [0.05, 0.1) is 18.3 Å². The maximum absolute atomic E-state index is 10.9. The number of ether oxygens (including phenoxy) is 1. The maximum atomic E-state index is 10.9. The minimum absolute atomic E-state index is 0.211. The highest BCUT2D eigenvalue weighted by Gasteiger charge is 2.55. The van der Waals surface area contributed by atoms with Gasteiger partial charge in [0.1, 0.15) is 5.41 Å². The maximum Gasteiger partial charge on any atom is 0.109 e. The third-order valence-electron chi connectivity index (χ3n) is 4.54. The molecule has 0 aromatic carbocycles. The molecule has 90 valence electrons. The molecule has 0 radical (unpaired) electrons. The van der Waals surface area contributed by atoms with E-state index in [-0.39, 0.29) is 5.92 Å². The topological polar surface area (TPSA) is 53.2 Å². The van der Waals surface area contributed by atoms with Crippen LogP contribution in [0.2, 0.25) is 0 Å². The normalized spacial score (nSPS) is 44.9. The van der Waals surface area contributed by atoms with Crippen LogP contribution in [0.3, 0.4) is 0 Å². The van der Waals surface area contributed by atoms with Crippen molar-refractivity contribution in [1.82, 2.24) is 0 Å². The first-order valence-corrected chi connectivity index (χ1v) is 6.36. The van der Waals surface area contributed by atoms with E-state index in [0.29, 0.717) is 6.61 Å². The number of nitrogens with zero attached hydrogens (tertiary/aromatic N) is 1. The van der Waals surface area contributed by atoms with E-state index in [1.165, 1.54) is 6.42 Å². The van der Waals surface area contributed by atoms with E-state index < -0.39 is 11.0 Å². The highest BCUT2D eigenvalue weighted by atomic mass is 16.5. The van der Waals surface area contributed by atoms with Crippen molar-refractivity contribution in [2.45, 2.75) is 51.0 Å². The summed E-state index contributed by atoms with van der Waals surface area (Å²) in [6, 6.07) is 2.38. The largest absolute Gasteiger partial charge is 0.388 e. The van der Waals surface area contributed by atoms with E-state index >= 15 is 0 Å². The number of hydrogen-bond acceptors (Lipinski definition) is 3. The van der Waals surface area contributed by atoms with Crippen molar-refractivity contribution in [3.8, 4) is 6.07 Å². The fraction of sp³-hybridized carbons (Fsp3) is 0.923. The Morgan fingerprint density at radius 3 is 2.69 bits per heavy atom. The molecule has 1 heterocycles. The van der Waals surface area contributed by atoms with Gasteiger partial charge in [-0.1, -0.05) is 19.8 Å². The van der Waals surface area contributed by atoms with Crippen LogP contribution in [-0.4, -0.2) is 23.9 Å². The molecule has 16 heavy (non-hydrogen) atoms. The number of hydrogen-bond donors (Lipinski definition) is 1. The fourth-order valence-electron chi connectivity index (χ4n) is 3.36. The van der Waals surface area contributed by atoms with Gasteiger partial charge in [-0.15, -0.1) is 0 Å². The molecule has 3 nitrogen and oxygen atoms in total. The lowest BCUT2D eigenvalue weighted by Crippen LogP contribution is -2.57. The fourth-order valence-corrected chi connectivity index (χ4v) is 3.36. The number of nitriles is 1. The molecule has 3 heteroatoms.